The predicted molar refractivity (Wildman–Crippen MR) is 105 cm³/mol. The van der Waals surface area contributed by atoms with Crippen molar-refractivity contribution in [3.05, 3.63) is 46.6 Å². The maximum absolute atomic E-state index is 12.6. The summed E-state index contributed by atoms with van der Waals surface area (Å²) in [6.45, 7) is 1.90. The molecule has 0 spiro atoms. The van der Waals surface area contributed by atoms with Gasteiger partial charge in [0.1, 0.15) is 11.3 Å². The topological polar surface area (TPSA) is 78.0 Å². The highest BCUT2D eigenvalue weighted by Crippen LogP contribution is 2.20. The van der Waals surface area contributed by atoms with E-state index in [1.54, 1.807) is 17.7 Å². The molecule has 27 heavy (non-hydrogen) atoms. The van der Waals surface area contributed by atoms with E-state index in [0.717, 1.165) is 36.6 Å². The van der Waals surface area contributed by atoms with Crippen molar-refractivity contribution in [3.63, 3.8) is 0 Å². The van der Waals surface area contributed by atoms with Gasteiger partial charge in [-0.15, -0.1) is 10.2 Å². The summed E-state index contributed by atoms with van der Waals surface area (Å²) in [6.07, 6.45) is 5.89. The van der Waals surface area contributed by atoms with Gasteiger partial charge in [0.05, 0.1) is 5.52 Å². The van der Waals surface area contributed by atoms with E-state index >= 15 is 0 Å². The monoisotopic (exact) mass is 367 g/mol. The molecule has 0 atom stereocenters. The van der Waals surface area contributed by atoms with Crippen molar-refractivity contribution < 1.29 is 9.21 Å². The quantitative estimate of drug-likeness (QED) is 0.533. The van der Waals surface area contributed by atoms with Crippen molar-refractivity contribution in [1.82, 2.24) is 14.8 Å². The fraction of sp³-hybridized carbons (Fsp3) is 0.429. The zero-order chi connectivity index (χ0) is 19.2. The van der Waals surface area contributed by atoms with Crippen molar-refractivity contribution in [3.8, 4) is 11.5 Å². The number of hydrogen-bond donors (Lipinski definition) is 0. The average Bonchev–Trinajstić information content (AvgIpc) is 3.15. The molecule has 1 aromatic carbocycles. The third kappa shape index (κ3) is 4.51. The summed E-state index contributed by atoms with van der Waals surface area (Å²) in [5, 5.41) is 9.11. The van der Waals surface area contributed by atoms with E-state index in [1.807, 2.05) is 31.2 Å². The van der Waals surface area contributed by atoms with Gasteiger partial charge in [0.15, 0.2) is 0 Å². The first-order valence-electron chi connectivity index (χ1n) is 9.53. The molecule has 3 rings (SSSR count). The summed E-state index contributed by atoms with van der Waals surface area (Å²) >= 11 is 0. The minimum Gasteiger partial charge on any atom is -0.420 e. The van der Waals surface area contributed by atoms with Gasteiger partial charge in [-0.1, -0.05) is 38.0 Å². The number of pyridine rings is 1. The lowest BCUT2D eigenvalue weighted by Crippen LogP contribution is -2.18. The van der Waals surface area contributed by atoms with Crippen molar-refractivity contribution in [2.45, 2.75) is 51.9 Å². The Hall–Kier alpha value is -2.76. The molecule has 0 aliphatic carbocycles. The summed E-state index contributed by atoms with van der Waals surface area (Å²) in [5.74, 6) is 1.14. The van der Waals surface area contributed by atoms with Crippen molar-refractivity contribution in [2.75, 3.05) is 0 Å². The Morgan fingerprint density at radius 3 is 2.70 bits per heavy atom. The van der Waals surface area contributed by atoms with Gasteiger partial charge >= 0.3 is 0 Å². The molecule has 6 nitrogen and oxygen atoms in total. The van der Waals surface area contributed by atoms with Crippen LogP contribution >= 0.6 is 0 Å². The van der Waals surface area contributed by atoms with Crippen LogP contribution in [-0.2, 0) is 18.3 Å². The van der Waals surface area contributed by atoms with Crippen LogP contribution in [0.1, 0.15) is 51.3 Å². The van der Waals surface area contributed by atoms with Crippen LogP contribution in [0.5, 0.6) is 0 Å². The Balaban J connectivity index is 1.63. The van der Waals surface area contributed by atoms with E-state index in [-0.39, 0.29) is 11.4 Å². The second kappa shape index (κ2) is 8.75. The van der Waals surface area contributed by atoms with Crippen LogP contribution in [-0.4, -0.2) is 20.5 Å². The Morgan fingerprint density at radius 1 is 1.11 bits per heavy atom. The second-order valence-electron chi connectivity index (χ2n) is 6.79. The Labute approximate surface area is 158 Å². The van der Waals surface area contributed by atoms with Crippen molar-refractivity contribution in [1.29, 1.82) is 0 Å². The molecule has 0 N–H and O–H groups in total. The molecule has 0 saturated heterocycles. The van der Waals surface area contributed by atoms with Gasteiger partial charge in [0.2, 0.25) is 5.89 Å². The first-order valence-corrected chi connectivity index (χ1v) is 9.53. The van der Waals surface area contributed by atoms with Crippen LogP contribution < -0.4 is 5.56 Å². The van der Waals surface area contributed by atoms with Crippen molar-refractivity contribution >= 4 is 16.7 Å². The van der Waals surface area contributed by atoms with E-state index in [0.29, 0.717) is 36.5 Å². The highest BCUT2D eigenvalue weighted by atomic mass is 16.4. The first-order chi connectivity index (χ1) is 13.1. The third-order valence-corrected chi connectivity index (χ3v) is 4.82. The molecule has 0 radical (unpaired) electrons. The number of hydrogen-bond acceptors (Lipinski definition) is 5. The number of benzene rings is 1. The summed E-state index contributed by atoms with van der Waals surface area (Å²) in [7, 11) is 1.74. The molecule has 0 aliphatic heterocycles. The summed E-state index contributed by atoms with van der Waals surface area (Å²) in [6, 6.07) is 9.51. The molecule has 0 bridgehead atoms. The number of aryl methyl sites for hydroxylation is 2. The minimum atomic E-state index is -0.149. The molecule has 0 fully saturated rings. The maximum atomic E-state index is 12.6. The Morgan fingerprint density at radius 2 is 1.89 bits per heavy atom. The molecule has 3 aromatic rings. The lowest BCUT2D eigenvalue weighted by molar-refractivity contribution is -0.118. The Bertz CT molecular complexity index is 988. The lowest BCUT2D eigenvalue weighted by atomic mass is 10.1. The lowest BCUT2D eigenvalue weighted by Gasteiger charge is -2.06. The van der Waals surface area contributed by atoms with E-state index in [4.69, 9.17) is 4.42 Å². The fourth-order valence-corrected chi connectivity index (χ4v) is 3.17. The zero-order valence-corrected chi connectivity index (χ0v) is 15.9. The number of aromatic nitrogens is 3. The number of rotatable bonds is 9. The molecule has 6 heteroatoms. The van der Waals surface area contributed by atoms with Gasteiger partial charge < -0.3 is 8.98 Å². The van der Waals surface area contributed by atoms with Crippen LogP contribution in [0.15, 0.2) is 39.5 Å². The largest absolute Gasteiger partial charge is 0.420 e. The highest BCUT2D eigenvalue weighted by molar-refractivity contribution is 5.82. The van der Waals surface area contributed by atoms with E-state index in [9.17, 15) is 9.59 Å². The molecule has 142 valence electrons. The van der Waals surface area contributed by atoms with Gasteiger partial charge in [-0.2, -0.15) is 0 Å². The standard InChI is InChI=1S/C21H25N3O3/c1-3-16(25)11-6-4-5-7-13-19-22-23-20(27-19)17-14-15-10-8-9-12-18(15)24(2)21(17)26/h8-10,12,14H,3-7,11,13H2,1-2H3. The van der Waals surface area contributed by atoms with Crippen LogP contribution in [0.4, 0.5) is 0 Å². The summed E-state index contributed by atoms with van der Waals surface area (Å²) in [5.41, 5.74) is 1.14. The number of Topliss-reactive ketones (excluding diaryl/α,β-unsaturated/α-hetero) is 1. The average molecular weight is 367 g/mol. The van der Waals surface area contributed by atoms with Crippen molar-refractivity contribution in [2.24, 2.45) is 7.05 Å². The molecule has 0 saturated carbocycles. The van der Waals surface area contributed by atoms with E-state index in [2.05, 4.69) is 10.2 Å². The second-order valence-corrected chi connectivity index (χ2v) is 6.79. The number of carbonyl (C=O) groups is 1. The molecule has 0 unspecified atom stereocenters. The van der Waals surface area contributed by atoms with Gasteiger partial charge in [-0.25, -0.2) is 0 Å². The van der Waals surface area contributed by atoms with Crippen LogP contribution in [0.25, 0.3) is 22.4 Å². The summed E-state index contributed by atoms with van der Waals surface area (Å²) < 4.78 is 7.33. The number of carbonyl (C=O) groups excluding carboxylic acids is 1. The number of para-hydroxylation sites is 1. The predicted octanol–water partition coefficient (Wildman–Crippen LogP) is 4.06. The van der Waals surface area contributed by atoms with Crippen LogP contribution in [0, 0.1) is 0 Å². The number of fused-ring (bicyclic) bond motifs is 1. The number of nitrogens with zero attached hydrogens (tertiary/aromatic N) is 3. The van der Waals surface area contributed by atoms with Gasteiger partial charge in [0, 0.05) is 26.3 Å². The SMILES string of the molecule is CCC(=O)CCCCCCc1nnc(-c2cc3ccccc3n(C)c2=O)o1. The normalized spacial score (nSPS) is 11.2. The fourth-order valence-electron chi connectivity index (χ4n) is 3.17. The molecule has 2 heterocycles. The van der Waals surface area contributed by atoms with Crippen LogP contribution in [0.2, 0.25) is 0 Å². The molecule has 0 amide bonds. The highest BCUT2D eigenvalue weighted by Gasteiger charge is 2.15. The Kier molecular flexibility index (Phi) is 6.16. The minimum absolute atomic E-state index is 0.149. The molecular formula is C21H25N3O3. The molecule has 0 aliphatic rings. The van der Waals surface area contributed by atoms with Gasteiger partial charge in [-0.3, -0.25) is 9.59 Å². The summed E-state index contributed by atoms with van der Waals surface area (Å²) in [4.78, 5) is 23.9. The van der Waals surface area contributed by atoms with E-state index in [1.165, 1.54) is 0 Å². The van der Waals surface area contributed by atoms with Gasteiger partial charge in [0.25, 0.3) is 11.4 Å². The molecular weight excluding hydrogens is 342 g/mol. The third-order valence-electron chi connectivity index (χ3n) is 4.82. The maximum Gasteiger partial charge on any atom is 0.263 e. The van der Waals surface area contributed by atoms with Gasteiger partial charge in [-0.05, 0) is 30.4 Å². The van der Waals surface area contributed by atoms with Crippen LogP contribution in [0.3, 0.4) is 0 Å². The zero-order valence-electron chi connectivity index (χ0n) is 15.9. The molecule has 2 aromatic heterocycles. The first kappa shape index (κ1) is 19.0. The number of ketones is 1. The number of unbranched alkanes of at least 4 members (excludes halogenated alkanes) is 3. The van der Waals surface area contributed by atoms with E-state index < -0.39 is 0 Å². The smallest absolute Gasteiger partial charge is 0.263 e.